The summed E-state index contributed by atoms with van der Waals surface area (Å²) in [6.45, 7) is 4.88. The third kappa shape index (κ3) is 15.0. The lowest BCUT2D eigenvalue weighted by Crippen LogP contribution is -2.42. The molecule has 0 bridgehead atoms. The molecular weight excluding hydrogens is 368 g/mol. The van der Waals surface area contributed by atoms with Gasteiger partial charge in [-0.2, -0.15) is 0 Å². The summed E-state index contributed by atoms with van der Waals surface area (Å²) >= 11 is 0. The van der Waals surface area contributed by atoms with Crippen LogP contribution in [0.1, 0.15) is 104 Å². The van der Waals surface area contributed by atoms with Crippen LogP contribution in [-0.2, 0) is 14.3 Å². The summed E-state index contributed by atoms with van der Waals surface area (Å²) in [4.78, 5) is 22.9. The minimum absolute atomic E-state index is 0.259. The van der Waals surface area contributed by atoms with Crippen LogP contribution in [-0.4, -0.2) is 33.9 Å². The number of carbonyl (C=O) groups is 2. The fraction of sp³-hybridized carbons (Fsp3) is 0.750. The van der Waals surface area contributed by atoms with Gasteiger partial charge in [-0.15, -0.1) is 0 Å². The Bertz CT molecular complexity index is 495. The van der Waals surface area contributed by atoms with E-state index in [1.165, 1.54) is 52.4 Å². The van der Waals surface area contributed by atoms with Crippen molar-refractivity contribution in [2.45, 2.75) is 116 Å². The van der Waals surface area contributed by atoms with E-state index in [4.69, 9.17) is 4.74 Å². The van der Waals surface area contributed by atoms with Crippen LogP contribution in [0.25, 0.3) is 0 Å². The van der Waals surface area contributed by atoms with Crippen LogP contribution < -0.4 is 0 Å². The van der Waals surface area contributed by atoms with Crippen LogP contribution in [0.15, 0.2) is 24.3 Å². The molecule has 0 radical (unpaired) electrons. The molecule has 0 rings (SSSR count). The largest absolute Gasteiger partial charge is 0.478 e. The summed E-state index contributed by atoms with van der Waals surface area (Å²) in [5, 5.41) is 18.5. The first kappa shape index (κ1) is 27.4. The summed E-state index contributed by atoms with van der Waals surface area (Å²) in [7, 11) is 0. The third-order valence-corrected chi connectivity index (χ3v) is 4.97. The van der Waals surface area contributed by atoms with Crippen molar-refractivity contribution in [2.75, 3.05) is 0 Å². The second-order valence-corrected chi connectivity index (χ2v) is 7.97. The number of carboxylic acid groups (broad SMARTS) is 1. The lowest BCUT2D eigenvalue weighted by molar-refractivity contribution is -0.182. The molecule has 0 heterocycles. The van der Waals surface area contributed by atoms with Gasteiger partial charge in [-0.1, -0.05) is 69.8 Å². The molecule has 0 amide bonds. The van der Waals surface area contributed by atoms with E-state index in [-0.39, 0.29) is 6.42 Å². The van der Waals surface area contributed by atoms with Gasteiger partial charge < -0.3 is 14.9 Å². The molecule has 0 saturated carbocycles. The molecule has 0 aliphatic carbocycles. The van der Waals surface area contributed by atoms with Gasteiger partial charge in [-0.05, 0) is 58.8 Å². The molecular formula is C24H42O5. The fourth-order valence-corrected chi connectivity index (χ4v) is 2.96. The highest BCUT2D eigenvalue weighted by Gasteiger charge is 2.37. The number of rotatable bonds is 18. The minimum Gasteiger partial charge on any atom is -0.478 e. The van der Waals surface area contributed by atoms with Crippen LogP contribution in [0.5, 0.6) is 0 Å². The Morgan fingerprint density at radius 3 is 1.93 bits per heavy atom. The van der Waals surface area contributed by atoms with Crippen molar-refractivity contribution in [2.24, 2.45) is 0 Å². The number of esters is 1. The number of aliphatic hydroxyl groups is 1. The molecule has 0 aromatic rings. The average Bonchev–Trinajstić information content (AvgIpc) is 2.67. The van der Waals surface area contributed by atoms with Gasteiger partial charge in [0.25, 0.3) is 0 Å². The Morgan fingerprint density at radius 2 is 1.41 bits per heavy atom. The van der Waals surface area contributed by atoms with E-state index in [9.17, 15) is 19.8 Å². The van der Waals surface area contributed by atoms with Gasteiger partial charge >= 0.3 is 11.9 Å². The summed E-state index contributed by atoms with van der Waals surface area (Å²) in [5.74, 6) is -2.07. The monoisotopic (exact) mass is 410 g/mol. The zero-order chi connectivity index (χ0) is 22.0. The summed E-state index contributed by atoms with van der Waals surface area (Å²) in [5.41, 5.74) is -1.57. The predicted octanol–water partition coefficient (Wildman–Crippen LogP) is 5.96. The number of hydrogen-bond acceptors (Lipinski definition) is 4. The maximum absolute atomic E-state index is 11.5. The van der Waals surface area contributed by atoms with Crippen LogP contribution in [0.2, 0.25) is 0 Å². The van der Waals surface area contributed by atoms with Crippen molar-refractivity contribution >= 4 is 11.9 Å². The van der Waals surface area contributed by atoms with Gasteiger partial charge in [0.05, 0.1) is 0 Å². The van der Waals surface area contributed by atoms with Crippen molar-refractivity contribution in [3.63, 3.8) is 0 Å². The van der Waals surface area contributed by atoms with Crippen LogP contribution in [0.4, 0.5) is 0 Å². The van der Waals surface area contributed by atoms with Crippen molar-refractivity contribution in [1.82, 2.24) is 0 Å². The number of unbranched alkanes of at least 4 members (excludes halogenated alkanes) is 9. The first-order valence-corrected chi connectivity index (χ1v) is 11.3. The Balaban J connectivity index is 3.72. The lowest BCUT2D eigenvalue weighted by atomic mass is 9.97. The van der Waals surface area contributed by atoms with E-state index in [2.05, 4.69) is 31.2 Å². The highest BCUT2D eigenvalue weighted by molar-refractivity contribution is 5.82. The summed E-state index contributed by atoms with van der Waals surface area (Å²) in [6, 6.07) is 0. The van der Waals surface area contributed by atoms with Gasteiger partial charge in [0.2, 0.25) is 5.60 Å². The molecule has 2 unspecified atom stereocenters. The molecule has 29 heavy (non-hydrogen) atoms. The number of carboxylic acids is 1. The second-order valence-electron chi connectivity index (χ2n) is 7.97. The van der Waals surface area contributed by atoms with Gasteiger partial charge in [0.15, 0.2) is 0 Å². The highest BCUT2D eigenvalue weighted by atomic mass is 16.6. The van der Waals surface area contributed by atoms with Crippen LogP contribution >= 0.6 is 0 Å². The number of allylic oxidation sites excluding steroid dienone is 4. The van der Waals surface area contributed by atoms with Crippen LogP contribution in [0.3, 0.4) is 0 Å². The first-order valence-electron chi connectivity index (χ1n) is 11.3. The van der Waals surface area contributed by atoms with Crippen molar-refractivity contribution in [3.05, 3.63) is 24.3 Å². The maximum atomic E-state index is 11.5. The van der Waals surface area contributed by atoms with Gasteiger partial charge in [-0.25, -0.2) is 9.59 Å². The molecule has 0 aliphatic heterocycles. The summed E-state index contributed by atoms with van der Waals surface area (Å²) < 4.78 is 4.98. The third-order valence-electron chi connectivity index (χ3n) is 4.97. The van der Waals surface area contributed by atoms with Gasteiger partial charge in [0.1, 0.15) is 6.10 Å². The molecule has 0 aromatic carbocycles. The Morgan fingerprint density at radius 1 is 0.897 bits per heavy atom. The number of aliphatic carboxylic acids is 1. The van der Waals surface area contributed by atoms with Crippen molar-refractivity contribution in [3.8, 4) is 0 Å². The minimum atomic E-state index is -1.57. The van der Waals surface area contributed by atoms with Crippen molar-refractivity contribution in [1.29, 1.82) is 0 Å². The fourth-order valence-electron chi connectivity index (χ4n) is 2.96. The van der Waals surface area contributed by atoms with E-state index < -0.39 is 23.6 Å². The molecule has 0 aliphatic rings. The number of aliphatic hydroxyl groups excluding tert-OH is 1. The molecule has 5 heteroatoms. The molecule has 168 valence electrons. The number of carbonyl (C=O) groups excluding carboxylic acids is 1. The van der Waals surface area contributed by atoms with Gasteiger partial charge in [-0.3, -0.25) is 0 Å². The SMILES string of the molecule is CCCCC/C=C\C/C=C\CCCCCCCCC(C)(OC(=O)C(C)O)C(=O)O. The maximum Gasteiger partial charge on any atom is 0.347 e. The zero-order valence-corrected chi connectivity index (χ0v) is 18.7. The lowest BCUT2D eigenvalue weighted by Gasteiger charge is -2.25. The van der Waals surface area contributed by atoms with Crippen molar-refractivity contribution < 1.29 is 24.5 Å². The van der Waals surface area contributed by atoms with E-state index in [0.717, 1.165) is 32.1 Å². The van der Waals surface area contributed by atoms with Gasteiger partial charge in [0, 0.05) is 0 Å². The van der Waals surface area contributed by atoms with E-state index in [0.29, 0.717) is 6.42 Å². The normalized spacial score (nSPS) is 14.9. The number of hydrogen-bond donors (Lipinski definition) is 2. The molecule has 2 atom stereocenters. The highest BCUT2D eigenvalue weighted by Crippen LogP contribution is 2.21. The summed E-state index contributed by atoms with van der Waals surface area (Å²) in [6.07, 6.45) is 21.3. The zero-order valence-electron chi connectivity index (χ0n) is 18.7. The molecule has 5 nitrogen and oxygen atoms in total. The quantitative estimate of drug-likeness (QED) is 0.165. The molecule has 0 aromatic heterocycles. The second kappa shape index (κ2) is 17.3. The Hall–Kier alpha value is -1.62. The molecule has 2 N–H and O–H groups in total. The molecule has 0 spiro atoms. The standard InChI is InChI=1S/C24H42O5/c1-4-5-6-7-8-9-10-11-12-13-14-15-16-17-18-19-20-24(3,23(27)28)29-22(26)21(2)25/h8-9,11-12,21,25H,4-7,10,13-20H2,1-3H3,(H,27,28)/b9-8-,12-11-. The number of ether oxygens (including phenoxy) is 1. The van der Waals surface area contributed by atoms with E-state index >= 15 is 0 Å². The Labute approximate surface area is 177 Å². The smallest absolute Gasteiger partial charge is 0.347 e. The van der Waals surface area contributed by atoms with E-state index in [1.54, 1.807) is 0 Å². The molecule has 0 fully saturated rings. The first-order chi connectivity index (χ1) is 13.8. The van der Waals surface area contributed by atoms with E-state index in [1.807, 2.05) is 0 Å². The van der Waals surface area contributed by atoms with Crippen LogP contribution in [0, 0.1) is 0 Å². The Kier molecular flexibility index (Phi) is 16.3. The predicted molar refractivity (Wildman–Crippen MR) is 118 cm³/mol. The molecule has 0 saturated heterocycles. The topological polar surface area (TPSA) is 83.8 Å². The average molecular weight is 411 g/mol.